The van der Waals surface area contributed by atoms with Gasteiger partial charge in [0.2, 0.25) is 0 Å². The molecular formula is C14H11Cl2NOS. The molecule has 0 saturated carbocycles. The maximum atomic E-state index is 12.2. The number of nitrogens with one attached hydrogen (secondary N) is 1. The highest BCUT2D eigenvalue weighted by molar-refractivity contribution is 7.98. The predicted octanol–water partition coefficient (Wildman–Crippen LogP) is 4.97. The number of anilines is 1. The van der Waals surface area contributed by atoms with E-state index < -0.39 is 0 Å². The molecule has 0 aliphatic carbocycles. The Kier molecular flexibility index (Phi) is 4.75. The molecule has 2 rings (SSSR count). The van der Waals surface area contributed by atoms with Gasteiger partial charge in [0, 0.05) is 4.90 Å². The minimum atomic E-state index is -0.200. The van der Waals surface area contributed by atoms with Gasteiger partial charge in [0.05, 0.1) is 21.3 Å². The van der Waals surface area contributed by atoms with E-state index in [4.69, 9.17) is 23.2 Å². The third-order valence-corrected chi connectivity index (χ3v) is 4.17. The molecule has 0 heterocycles. The van der Waals surface area contributed by atoms with Crippen LogP contribution in [0.2, 0.25) is 10.0 Å². The number of hydrogen-bond donors (Lipinski definition) is 1. The van der Waals surface area contributed by atoms with Crippen LogP contribution in [0.1, 0.15) is 10.4 Å². The smallest absolute Gasteiger partial charge is 0.256 e. The quantitative estimate of drug-likeness (QED) is 0.811. The second-order valence-electron chi connectivity index (χ2n) is 3.76. The first-order chi connectivity index (χ1) is 9.13. The fourth-order valence-electron chi connectivity index (χ4n) is 1.62. The van der Waals surface area contributed by atoms with Crippen LogP contribution in [0.25, 0.3) is 0 Å². The molecule has 19 heavy (non-hydrogen) atoms. The molecule has 0 atom stereocenters. The molecule has 2 aromatic carbocycles. The largest absolute Gasteiger partial charge is 0.321 e. The highest BCUT2D eigenvalue weighted by Gasteiger charge is 2.12. The van der Waals surface area contributed by atoms with E-state index in [1.165, 1.54) is 11.8 Å². The first kappa shape index (κ1) is 14.3. The lowest BCUT2D eigenvalue weighted by Crippen LogP contribution is -2.13. The molecule has 0 unspecified atom stereocenters. The SMILES string of the molecule is CSc1ccccc1C(=O)Nc1cccc(Cl)c1Cl. The molecule has 0 aromatic heterocycles. The van der Waals surface area contributed by atoms with Crippen molar-refractivity contribution in [1.29, 1.82) is 0 Å². The number of rotatable bonds is 3. The van der Waals surface area contributed by atoms with E-state index in [1.54, 1.807) is 24.3 Å². The van der Waals surface area contributed by atoms with Crippen molar-refractivity contribution in [3.8, 4) is 0 Å². The average Bonchev–Trinajstić information content (AvgIpc) is 2.43. The summed E-state index contributed by atoms with van der Waals surface area (Å²) >= 11 is 13.5. The van der Waals surface area contributed by atoms with E-state index in [1.807, 2.05) is 24.5 Å². The van der Waals surface area contributed by atoms with Crippen LogP contribution in [0.3, 0.4) is 0 Å². The van der Waals surface area contributed by atoms with Crippen LogP contribution < -0.4 is 5.32 Å². The van der Waals surface area contributed by atoms with Gasteiger partial charge >= 0.3 is 0 Å². The second kappa shape index (κ2) is 6.33. The summed E-state index contributed by atoms with van der Waals surface area (Å²) < 4.78 is 0. The van der Waals surface area contributed by atoms with Crippen molar-refractivity contribution in [2.45, 2.75) is 4.90 Å². The molecule has 0 spiro atoms. The van der Waals surface area contributed by atoms with E-state index in [-0.39, 0.29) is 5.91 Å². The van der Waals surface area contributed by atoms with Crippen molar-refractivity contribution in [3.63, 3.8) is 0 Å². The molecule has 0 bridgehead atoms. The number of carbonyl (C=O) groups is 1. The van der Waals surface area contributed by atoms with Crippen molar-refractivity contribution in [1.82, 2.24) is 0 Å². The van der Waals surface area contributed by atoms with Gasteiger partial charge in [0.1, 0.15) is 0 Å². The topological polar surface area (TPSA) is 29.1 Å². The lowest BCUT2D eigenvalue weighted by molar-refractivity contribution is 0.102. The zero-order valence-corrected chi connectivity index (χ0v) is 12.4. The van der Waals surface area contributed by atoms with Crippen molar-refractivity contribution in [3.05, 3.63) is 58.1 Å². The van der Waals surface area contributed by atoms with E-state index >= 15 is 0 Å². The Morgan fingerprint density at radius 2 is 1.84 bits per heavy atom. The third kappa shape index (κ3) is 3.24. The molecule has 1 amide bonds. The van der Waals surface area contributed by atoms with Crippen LogP contribution in [0.4, 0.5) is 5.69 Å². The van der Waals surface area contributed by atoms with Crippen molar-refractivity contribution < 1.29 is 4.79 Å². The lowest BCUT2D eigenvalue weighted by Gasteiger charge is -2.10. The van der Waals surface area contributed by atoms with E-state index in [9.17, 15) is 4.79 Å². The van der Waals surface area contributed by atoms with E-state index in [0.717, 1.165) is 4.90 Å². The number of carbonyl (C=O) groups excluding carboxylic acids is 1. The predicted molar refractivity (Wildman–Crippen MR) is 82.6 cm³/mol. The van der Waals surface area contributed by atoms with Crippen LogP contribution in [0, 0.1) is 0 Å². The van der Waals surface area contributed by atoms with Crippen LogP contribution in [0.15, 0.2) is 47.4 Å². The van der Waals surface area contributed by atoms with Gasteiger partial charge in [-0.3, -0.25) is 4.79 Å². The Morgan fingerprint density at radius 1 is 1.11 bits per heavy atom. The first-order valence-corrected chi connectivity index (χ1v) is 7.50. The molecule has 0 radical (unpaired) electrons. The Hall–Kier alpha value is -1.16. The molecular weight excluding hydrogens is 301 g/mol. The van der Waals surface area contributed by atoms with Gasteiger partial charge in [-0.15, -0.1) is 11.8 Å². The minimum absolute atomic E-state index is 0.200. The zero-order chi connectivity index (χ0) is 13.8. The maximum absolute atomic E-state index is 12.2. The summed E-state index contributed by atoms with van der Waals surface area (Å²) in [5, 5.41) is 3.53. The summed E-state index contributed by atoms with van der Waals surface area (Å²) in [5.41, 5.74) is 1.13. The first-order valence-electron chi connectivity index (χ1n) is 5.52. The molecule has 98 valence electrons. The number of amides is 1. The summed E-state index contributed by atoms with van der Waals surface area (Å²) in [4.78, 5) is 13.1. The maximum Gasteiger partial charge on any atom is 0.256 e. The number of hydrogen-bond acceptors (Lipinski definition) is 2. The molecule has 0 saturated heterocycles. The molecule has 1 N–H and O–H groups in total. The number of halogens is 2. The van der Waals surface area contributed by atoms with Crippen LogP contribution in [0.5, 0.6) is 0 Å². The fourth-order valence-corrected chi connectivity index (χ4v) is 2.57. The molecule has 0 aliphatic rings. The van der Waals surface area contributed by atoms with E-state index in [0.29, 0.717) is 21.3 Å². The summed E-state index contributed by atoms with van der Waals surface area (Å²) in [6.07, 6.45) is 1.93. The normalized spacial score (nSPS) is 10.3. The van der Waals surface area contributed by atoms with Gasteiger partial charge in [-0.05, 0) is 30.5 Å². The monoisotopic (exact) mass is 311 g/mol. The van der Waals surface area contributed by atoms with Crippen LogP contribution >= 0.6 is 35.0 Å². The fraction of sp³-hybridized carbons (Fsp3) is 0.0714. The Labute approximate surface area is 126 Å². The van der Waals surface area contributed by atoms with Gasteiger partial charge in [0.15, 0.2) is 0 Å². The van der Waals surface area contributed by atoms with Crippen LogP contribution in [-0.4, -0.2) is 12.2 Å². The highest BCUT2D eigenvalue weighted by Crippen LogP contribution is 2.30. The number of benzene rings is 2. The van der Waals surface area contributed by atoms with Gasteiger partial charge in [-0.25, -0.2) is 0 Å². The Bertz CT molecular complexity index is 616. The van der Waals surface area contributed by atoms with Gasteiger partial charge in [0.25, 0.3) is 5.91 Å². The van der Waals surface area contributed by atoms with E-state index in [2.05, 4.69) is 5.32 Å². The lowest BCUT2D eigenvalue weighted by atomic mass is 10.2. The Morgan fingerprint density at radius 3 is 2.58 bits per heavy atom. The van der Waals surface area contributed by atoms with Crippen molar-refractivity contribution in [2.24, 2.45) is 0 Å². The molecule has 2 nitrogen and oxygen atoms in total. The molecule has 0 fully saturated rings. The number of thioether (sulfide) groups is 1. The minimum Gasteiger partial charge on any atom is -0.321 e. The summed E-state index contributed by atoms with van der Waals surface area (Å²) in [5.74, 6) is -0.200. The molecule has 0 aliphatic heterocycles. The molecule has 5 heteroatoms. The molecule has 2 aromatic rings. The van der Waals surface area contributed by atoms with Gasteiger partial charge < -0.3 is 5.32 Å². The second-order valence-corrected chi connectivity index (χ2v) is 5.39. The van der Waals surface area contributed by atoms with Crippen molar-refractivity contribution in [2.75, 3.05) is 11.6 Å². The van der Waals surface area contributed by atoms with Gasteiger partial charge in [-0.1, -0.05) is 41.4 Å². The van der Waals surface area contributed by atoms with Crippen LogP contribution in [-0.2, 0) is 0 Å². The Balaban J connectivity index is 2.28. The average molecular weight is 312 g/mol. The summed E-state index contributed by atoms with van der Waals surface area (Å²) in [7, 11) is 0. The van der Waals surface area contributed by atoms with Gasteiger partial charge in [-0.2, -0.15) is 0 Å². The highest BCUT2D eigenvalue weighted by atomic mass is 35.5. The summed E-state index contributed by atoms with van der Waals surface area (Å²) in [6, 6.07) is 12.5. The summed E-state index contributed by atoms with van der Waals surface area (Å²) in [6.45, 7) is 0. The zero-order valence-electron chi connectivity index (χ0n) is 10.1. The third-order valence-electron chi connectivity index (χ3n) is 2.55. The van der Waals surface area contributed by atoms with Crippen molar-refractivity contribution >= 4 is 46.6 Å². The standard InChI is InChI=1S/C14H11Cl2NOS/c1-19-12-8-3-2-5-9(12)14(18)17-11-7-4-6-10(15)13(11)16/h2-8H,1H3,(H,17,18).